The van der Waals surface area contributed by atoms with Gasteiger partial charge in [0.25, 0.3) is 11.6 Å². The van der Waals surface area contributed by atoms with Gasteiger partial charge in [-0.05, 0) is 19.1 Å². The van der Waals surface area contributed by atoms with Gasteiger partial charge in [0, 0.05) is 31.1 Å². The molecule has 0 unspecified atom stereocenters. The zero-order valence-corrected chi connectivity index (χ0v) is 11.5. The number of non-ortho nitro benzene ring substituents is 1. The first-order valence-corrected chi connectivity index (χ1v) is 6.04. The summed E-state index contributed by atoms with van der Waals surface area (Å²) in [4.78, 5) is 22.3. The van der Waals surface area contributed by atoms with Crippen LogP contribution in [-0.2, 0) is 7.05 Å². The van der Waals surface area contributed by atoms with E-state index in [-0.39, 0.29) is 5.69 Å². The van der Waals surface area contributed by atoms with Crippen LogP contribution in [0.4, 0.5) is 11.4 Å². The van der Waals surface area contributed by atoms with E-state index in [9.17, 15) is 14.9 Å². The van der Waals surface area contributed by atoms with Gasteiger partial charge in [-0.1, -0.05) is 0 Å². The highest BCUT2D eigenvalue weighted by Crippen LogP contribution is 2.18. The summed E-state index contributed by atoms with van der Waals surface area (Å²) in [5, 5.41) is 24.6. The van der Waals surface area contributed by atoms with E-state index in [1.54, 1.807) is 14.0 Å². The highest BCUT2D eigenvalue weighted by molar-refractivity contribution is 6.09. The minimum atomic E-state index is -0.510. The molecule has 1 heterocycles. The minimum absolute atomic E-state index is 0.0502. The van der Waals surface area contributed by atoms with Crippen molar-refractivity contribution in [1.29, 1.82) is 5.41 Å². The van der Waals surface area contributed by atoms with E-state index in [2.05, 4.69) is 10.4 Å². The third kappa shape index (κ3) is 2.78. The number of hydrogen-bond acceptors (Lipinski definition) is 5. The molecular weight excluding hydrogens is 274 g/mol. The Labute approximate surface area is 120 Å². The summed E-state index contributed by atoms with van der Waals surface area (Å²) >= 11 is 0. The Balaban J connectivity index is 2.26. The average Bonchev–Trinajstić information content (AvgIpc) is 2.73. The predicted molar refractivity (Wildman–Crippen MR) is 76.9 cm³/mol. The molecule has 0 saturated heterocycles. The molecule has 0 saturated carbocycles. The Kier molecular flexibility index (Phi) is 3.79. The molecule has 0 fully saturated rings. The number of aryl methyl sites for hydroxylation is 2. The Morgan fingerprint density at radius 2 is 2.05 bits per heavy atom. The molecular formula is C13H13N5O3. The van der Waals surface area contributed by atoms with Crippen molar-refractivity contribution in [2.24, 2.45) is 7.05 Å². The van der Waals surface area contributed by atoms with Crippen molar-refractivity contribution in [2.75, 3.05) is 5.32 Å². The molecule has 0 aliphatic rings. The van der Waals surface area contributed by atoms with E-state index < -0.39 is 10.8 Å². The first-order valence-electron chi connectivity index (χ1n) is 6.04. The zero-order valence-electron chi connectivity index (χ0n) is 11.5. The van der Waals surface area contributed by atoms with Crippen LogP contribution >= 0.6 is 0 Å². The number of carbonyl (C=O) groups is 1. The third-order valence-electron chi connectivity index (χ3n) is 2.97. The summed E-state index contributed by atoms with van der Waals surface area (Å²) in [6.45, 7) is 1.68. The van der Waals surface area contributed by atoms with Gasteiger partial charge < -0.3 is 10.7 Å². The second kappa shape index (κ2) is 5.53. The summed E-state index contributed by atoms with van der Waals surface area (Å²) in [6, 6.07) is 5.52. The second-order valence-corrected chi connectivity index (χ2v) is 4.37. The number of nitro benzene ring substituents is 1. The Hall–Kier alpha value is -3.03. The van der Waals surface area contributed by atoms with Crippen molar-refractivity contribution >= 4 is 23.5 Å². The summed E-state index contributed by atoms with van der Waals surface area (Å²) in [7, 11) is 1.65. The van der Waals surface area contributed by atoms with Gasteiger partial charge in [-0.15, -0.1) is 0 Å². The molecule has 108 valence electrons. The van der Waals surface area contributed by atoms with E-state index in [0.717, 1.165) is 6.21 Å². The molecule has 1 aromatic heterocycles. The number of nitrogens with zero attached hydrogens (tertiary/aromatic N) is 3. The van der Waals surface area contributed by atoms with Crippen LogP contribution in [0.1, 0.15) is 21.7 Å². The fraction of sp³-hybridized carbons (Fsp3) is 0.154. The Morgan fingerprint density at radius 1 is 1.43 bits per heavy atom. The number of amides is 1. The van der Waals surface area contributed by atoms with Gasteiger partial charge in [-0.25, -0.2) is 0 Å². The first kappa shape index (κ1) is 14.4. The van der Waals surface area contributed by atoms with Crippen LogP contribution in [0.25, 0.3) is 0 Å². The van der Waals surface area contributed by atoms with Crippen molar-refractivity contribution in [3.05, 3.63) is 51.3 Å². The van der Waals surface area contributed by atoms with Crippen molar-refractivity contribution in [3.63, 3.8) is 0 Å². The molecule has 0 bridgehead atoms. The maximum absolute atomic E-state index is 12.2. The molecule has 0 spiro atoms. The Bertz CT molecular complexity index is 718. The van der Waals surface area contributed by atoms with Crippen LogP contribution in [0.5, 0.6) is 0 Å². The van der Waals surface area contributed by atoms with Gasteiger partial charge in [0.2, 0.25) is 0 Å². The highest BCUT2D eigenvalue weighted by Gasteiger charge is 2.19. The normalized spacial score (nSPS) is 10.2. The monoisotopic (exact) mass is 287 g/mol. The second-order valence-electron chi connectivity index (χ2n) is 4.37. The van der Waals surface area contributed by atoms with Gasteiger partial charge in [-0.3, -0.25) is 19.6 Å². The zero-order chi connectivity index (χ0) is 15.6. The maximum atomic E-state index is 12.2. The van der Waals surface area contributed by atoms with E-state index in [4.69, 9.17) is 5.41 Å². The lowest BCUT2D eigenvalue weighted by Crippen LogP contribution is -2.15. The van der Waals surface area contributed by atoms with Gasteiger partial charge in [-0.2, -0.15) is 5.10 Å². The molecule has 2 rings (SSSR count). The van der Waals surface area contributed by atoms with Crippen LogP contribution in [0, 0.1) is 22.4 Å². The smallest absolute Gasteiger partial charge is 0.269 e. The number of nitro groups is 1. The minimum Gasteiger partial charge on any atom is -0.322 e. The number of rotatable bonds is 4. The van der Waals surface area contributed by atoms with Crippen LogP contribution < -0.4 is 5.32 Å². The van der Waals surface area contributed by atoms with Gasteiger partial charge in [0.1, 0.15) is 0 Å². The first-order chi connectivity index (χ1) is 9.93. The lowest BCUT2D eigenvalue weighted by atomic mass is 10.1. The fourth-order valence-electron chi connectivity index (χ4n) is 1.98. The molecule has 8 heteroatoms. The van der Waals surface area contributed by atoms with E-state index >= 15 is 0 Å². The highest BCUT2D eigenvalue weighted by atomic mass is 16.6. The summed E-state index contributed by atoms with van der Waals surface area (Å²) in [5.41, 5.74) is 1.60. The number of nitrogens with one attached hydrogen (secondary N) is 2. The SMILES string of the molecule is Cc1nn(C)c(C=N)c1C(=O)Nc1ccc([N+](=O)[O-])cc1. The number of hydrogen-bond donors (Lipinski definition) is 2. The van der Waals surface area contributed by atoms with Gasteiger partial charge in [0.05, 0.1) is 21.9 Å². The topological polar surface area (TPSA) is 114 Å². The largest absolute Gasteiger partial charge is 0.322 e. The predicted octanol–water partition coefficient (Wildman–Crippen LogP) is 1.89. The molecule has 21 heavy (non-hydrogen) atoms. The third-order valence-corrected chi connectivity index (χ3v) is 2.97. The van der Waals surface area contributed by atoms with E-state index in [1.807, 2.05) is 0 Å². The fourth-order valence-corrected chi connectivity index (χ4v) is 1.98. The van der Waals surface area contributed by atoms with E-state index in [1.165, 1.54) is 28.9 Å². The maximum Gasteiger partial charge on any atom is 0.269 e. The summed E-state index contributed by atoms with van der Waals surface area (Å²) in [5.74, 6) is -0.409. The number of aromatic nitrogens is 2. The molecule has 8 nitrogen and oxygen atoms in total. The molecule has 0 aliphatic carbocycles. The summed E-state index contributed by atoms with van der Waals surface area (Å²) in [6.07, 6.45) is 1.06. The summed E-state index contributed by atoms with van der Waals surface area (Å²) < 4.78 is 1.45. The van der Waals surface area contributed by atoms with Crippen LogP contribution in [0.3, 0.4) is 0 Å². The molecule has 1 amide bonds. The van der Waals surface area contributed by atoms with Gasteiger partial charge >= 0.3 is 0 Å². The molecule has 2 N–H and O–H groups in total. The van der Waals surface area contributed by atoms with E-state index in [0.29, 0.717) is 22.6 Å². The number of carbonyl (C=O) groups excluding carboxylic acids is 1. The number of anilines is 1. The lowest BCUT2D eigenvalue weighted by Gasteiger charge is -2.05. The quantitative estimate of drug-likeness (QED) is 0.507. The average molecular weight is 287 g/mol. The van der Waals surface area contributed by atoms with Crippen molar-refractivity contribution in [1.82, 2.24) is 9.78 Å². The van der Waals surface area contributed by atoms with Gasteiger partial charge in [0.15, 0.2) is 0 Å². The lowest BCUT2D eigenvalue weighted by molar-refractivity contribution is -0.384. The molecule has 1 aromatic carbocycles. The molecule has 0 aliphatic heterocycles. The number of benzene rings is 1. The molecule has 0 radical (unpaired) electrons. The van der Waals surface area contributed by atoms with Crippen LogP contribution in [0.2, 0.25) is 0 Å². The standard InChI is InChI=1S/C13H13N5O3/c1-8-12(11(7-14)17(2)16-8)13(19)15-9-3-5-10(6-4-9)18(20)21/h3-7,14H,1-2H3,(H,15,19). The van der Waals surface area contributed by atoms with Crippen molar-refractivity contribution in [2.45, 2.75) is 6.92 Å². The molecule has 0 atom stereocenters. The molecule has 2 aromatic rings. The van der Waals surface area contributed by atoms with Crippen LogP contribution in [0.15, 0.2) is 24.3 Å². The Morgan fingerprint density at radius 3 is 2.57 bits per heavy atom. The van der Waals surface area contributed by atoms with Crippen molar-refractivity contribution < 1.29 is 9.72 Å². The van der Waals surface area contributed by atoms with Crippen molar-refractivity contribution in [3.8, 4) is 0 Å². The van der Waals surface area contributed by atoms with Crippen LogP contribution in [-0.4, -0.2) is 26.8 Å².